The summed E-state index contributed by atoms with van der Waals surface area (Å²) in [7, 11) is 0. The lowest BCUT2D eigenvalue weighted by atomic mass is 10.1. The van der Waals surface area contributed by atoms with E-state index >= 15 is 0 Å². The van der Waals surface area contributed by atoms with Gasteiger partial charge in [-0.2, -0.15) is 0 Å². The summed E-state index contributed by atoms with van der Waals surface area (Å²) in [5.41, 5.74) is 5.36. The van der Waals surface area contributed by atoms with Crippen molar-refractivity contribution in [2.24, 2.45) is 0 Å². The average Bonchev–Trinajstić information content (AvgIpc) is 2.72. The molecule has 0 radical (unpaired) electrons. The first kappa shape index (κ1) is 20.1. The number of esters is 1. The highest BCUT2D eigenvalue weighted by atomic mass is 16.5. The second kappa shape index (κ2) is 9.02. The average molecular weight is 385 g/mol. The van der Waals surface area contributed by atoms with E-state index in [0.717, 1.165) is 23.1 Å². The Balaban J connectivity index is 1.89. The molecule has 0 unspecified atom stereocenters. The van der Waals surface area contributed by atoms with E-state index < -0.39 is 5.97 Å². The van der Waals surface area contributed by atoms with Gasteiger partial charge >= 0.3 is 5.97 Å². The van der Waals surface area contributed by atoms with Gasteiger partial charge in [0.05, 0.1) is 0 Å². The number of aryl methyl sites for hydroxylation is 2. The highest BCUT2D eigenvalue weighted by Gasteiger charge is 2.14. The van der Waals surface area contributed by atoms with Crippen LogP contribution in [0.2, 0.25) is 0 Å². The van der Waals surface area contributed by atoms with Crippen molar-refractivity contribution in [3.05, 3.63) is 96.6 Å². The molecule has 146 valence electrons. The predicted molar refractivity (Wildman–Crippen MR) is 116 cm³/mol. The summed E-state index contributed by atoms with van der Waals surface area (Å²) in [5, 5.41) is 0. The van der Waals surface area contributed by atoms with Crippen LogP contribution in [0.25, 0.3) is 0 Å². The van der Waals surface area contributed by atoms with Crippen molar-refractivity contribution < 1.29 is 14.3 Å². The Morgan fingerprint density at radius 2 is 1.21 bits per heavy atom. The van der Waals surface area contributed by atoms with Crippen molar-refractivity contribution in [1.29, 1.82) is 0 Å². The minimum absolute atomic E-state index is 0.315. The van der Waals surface area contributed by atoms with Crippen molar-refractivity contribution in [3.63, 3.8) is 0 Å². The summed E-state index contributed by atoms with van der Waals surface area (Å²) in [5.74, 6) is -0.573. The molecule has 0 spiro atoms. The van der Waals surface area contributed by atoms with Gasteiger partial charge in [-0.05, 0) is 68.5 Å². The van der Waals surface area contributed by atoms with E-state index in [1.165, 1.54) is 11.1 Å². The second-order valence-electron chi connectivity index (χ2n) is 6.82. The van der Waals surface area contributed by atoms with E-state index in [4.69, 9.17) is 4.74 Å². The maximum Gasteiger partial charge on any atom is 0.319 e. The number of rotatable bonds is 7. The standard InChI is InChI=1S/C25H23NO3/c1-4-23(27)17-25(28)29-24-15-13-22(14-16-24)26(20-9-5-18(2)6-10-20)21-11-7-19(3)8-12-21/h4-16H,1,17H2,2-3H3. The van der Waals surface area contributed by atoms with Crippen molar-refractivity contribution in [2.75, 3.05) is 4.90 Å². The maximum atomic E-state index is 11.8. The van der Waals surface area contributed by atoms with Gasteiger partial charge in [-0.25, -0.2) is 0 Å². The Morgan fingerprint density at radius 3 is 1.62 bits per heavy atom. The zero-order chi connectivity index (χ0) is 20.8. The molecule has 3 rings (SSSR count). The molecule has 29 heavy (non-hydrogen) atoms. The summed E-state index contributed by atoms with van der Waals surface area (Å²) in [6.45, 7) is 7.47. The molecular weight excluding hydrogens is 362 g/mol. The normalized spacial score (nSPS) is 10.3. The van der Waals surface area contributed by atoms with Crippen LogP contribution < -0.4 is 9.64 Å². The van der Waals surface area contributed by atoms with E-state index in [9.17, 15) is 9.59 Å². The molecular formula is C25H23NO3. The molecule has 4 heteroatoms. The molecule has 0 saturated heterocycles. The van der Waals surface area contributed by atoms with E-state index in [0.29, 0.717) is 5.75 Å². The molecule has 3 aromatic carbocycles. The smallest absolute Gasteiger partial charge is 0.319 e. The first-order valence-corrected chi connectivity index (χ1v) is 9.36. The molecule has 3 aromatic rings. The van der Waals surface area contributed by atoms with Crippen LogP contribution in [0.3, 0.4) is 0 Å². The van der Waals surface area contributed by atoms with Crippen LogP contribution in [0.5, 0.6) is 5.75 Å². The lowest BCUT2D eigenvalue weighted by Gasteiger charge is -2.25. The minimum atomic E-state index is -0.600. The van der Waals surface area contributed by atoms with Crippen LogP contribution in [0.4, 0.5) is 17.1 Å². The third kappa shape index (κ3) is 5.20. The third-order valence-electron chi connectivity index (χ3n) is 4.46. The van der Waals surface area contributed by atoms with Gasteiger partial charge in [0, 0.05) is 17.1 Å². The number of ether oxygens (including phenoxy) is 1. The summed E-state index contributed by atoms with van der Waals surface area (Å²) in [6.07, 6.45) is 0.801. The molecule has 0 bridgehead atoms. The predicted octanol–water partition coefficient (Wildman–Crippen LogP) is 5.82. The Morgan fingerprint density at radius 1 is 0.793 bits per heavy atom. The number of carbonyl (C=O) groups is 2. The van der Waals surface area contributed by atoms with Crippen molar-refractivity contribution in [2.45, 2.75) is 20.3 Å². The van der Waals surface area contributed by atoms with Gasteiger partial charge in [-0.15, -0.1) is 0 Å². The summed E-state index contributed by atoms with van der Waals surface area (Å²) >= 11 is 0. The summed E-state index contributed by atoms with van der Waals surface area (Å²) in [6, 6.07) is 23.8. The number of nitrogens with zero attached hydrogens (tertiary/aromatic N) is 1. The molecule has 0 aliphatic heterocycles. The maximum absolute atomic E-state index is 11.8. The van der Waals surface area contributed by atoms with Crippen molar-refractivity contribution >= 4 is 28.8 Å². The second-order valence-corrected chi connectivity index (χ2v) is 6.82. The Labute approximate surface area is 171 Å². The summed E-state index contributed by atoms with van der Waals surface area (Å²) < 4.78 is 5.24. The zero-order valence-corrected chi connectivity index (χ0v) is 16.6. The molecule has 0 fully saturated rings. The fraction of sp³-hybridized carbons (Fsp3) is 0.120. The monoisotopic (exact) mass is 385 g/mol. The lowest BCUT2D eigenvalue weighted by molar-refractivity contribution is -0.136. The molecule has 0 amide bonds. The lowest BCUT2D eigenvalue weighted by Crippen LogP contribution is -2.13. The quantitative estimate of drug-likeness (QED) is 0.222. The van der Waals surface area contributed by atoms with Gasteiger partial charge < -0.3 is 9.64 Å². The largest absolute Gasteiger partial charge is 0.426 e. The SMILES string of the molecule is C=CC(=O)CC(=O)Oc1ccc(N(c2ccc(C)cc2)c2ccc(C)cc2)cc1. The van der Waals surface area contributed by atoms with Gasteiger partial charge in [-0.3, -0.25) is 9.59 Å². The van der Waals surface area contributed by atoms with Crippen molar-refractivity contribution in [3.8, 4) is 5.75 Å². The number of hydrogen-bond acceptors (Lipinski definition) is 4. The number of ketones is 1. The number of carbonyl (C=O) groups excluding carboxylic acids is 2. The molecule has 0 atom stereocenters. The minimum Gasteiger partial charge on any atom is -0.426 e. The Hall–Kier alpha value is -3.66. The fourth-order valence-corrected chi connectivity index (χ4v) is 2.88. The number of anilines is 3. The molecule has 0 aliphatic carbocycles. The number of hydrogen-bond donors (Lipinski definition) is 0. The third-order valence-corrected chi connectivity index (χ3v) is 4.46. The van der Waals surface area contributed by atoms with Crippen LogP contribution in [-0.2, 0) is 9.59 Å². The van der Waals surface area contributed by atoms with Gasteiger partial charge in [-0.1, -0.05) is 42.0 Å². The topological polar surface area (TPSA) is 46.6 Å². The highest BCUT2D eigenvalue weighted by molar-refractivity contribution is 6.02. The highest BCUT2D eigenvalue weighted by Crippen LogP contribution is 2.35. The van der Waals surface area contributed by atoms with Crippen LogP contribution in [0.1, 0.15) is 17.5 Å². The van der Waals surface area contributed by atoms with Gasteiger partial charge in [0.15, 0.2) is 5.78 Å². The van der Waals surface area contributed by atoms with Gasteiger partial charge in [0.25, 0.3) is 0 Å². The molecule has 0 saturated carbocycles. The first-order chi connectivity index (χ1) is 14.0. The van der Waals surface area contributed by atoms with Crippen molar-refractivity contribution in [1.82, 2.24) is 0 Å². The van der Waals surface area contributed by atoms with E-state index in [1.54, 1.807) is 12.1 Å². The Bertz CT molecular complexity index is 958. The first-order valence-electron chi connectivity index (χ1n) is 9.36. The van der Waals surface area contributed by atoms with Crippen LogP contribution in [-0.4, -0.2) is 11.8 Å². The fourth-order valence-electron chi connectivity index (χ4n) is 2.88. The molecule has 0 aromatic heterocycles. The number of allylic oxidation sites excluding steroid dienone is 1. The van der Waals surface area contributed by atoms with E-state index in [2.05, 4.69) is 73.9 Å². The molecule has 4 nitrogen and oxygen atoms in total. The Kier molecular flexibility index (Phi) is 6.25. The van der Waals surface area contributed by atoms with Gasteiger partial charge in [0.2, 0.25) is 0 Å². The van der Waals surface area contributed by atoms with Crippen LogP contribution in [0, 0.1) is 13.8 Å². The summed E-state index contributed by atoms with van der Waals surface area (Å²) in [4.78, 5) is 25.2. The molecule has 0 heterocycles. The van der Waals surface area contributed by atoms with E-state index in [-0.39, 0.29) is 12.2 Å². The molecule has 0 aliphatic rings. The molecule has 0 N–H and O–H groups in total. The van der Waals surface area contributed by atoms with Crippen LogP contribution >= 0.6 is 0 Å². The van der Waals surface area contributed by atoms with Gasteiger partial charge in [0.1, 0.15) is 12.2 Å². The zero-order valence-electron chi connectivity index (χ0n) is 16.6. The van der Waals surface area contributed by atoms with E-state index in [1.807, 2.05) is 12.1 Å². The van der Waals surface area contributed by atoms with Crippen LogP contribution in [0.15, 0.2) is 85.5 Å². The number of benzene rings is 3.